The van der Waals surface area contributed by atoms with Gasteiger partial charge in [0.15, 0.2) is 0 Å². The summed E-state index contributed by atoms with van der Waals surface area (Å²) in [5, 5.41) is 4.14. The van der Waals surface area contributed by atoms with Crippen molar-refractivity contribution in [1.82, 2.24) is 15.0 Å². The second-order valence-corrected chi connectivity index (χ2v) is 6.33. The Hall–Kier alpha value is -0.980. The van der Waals surface area contributed by atoms with Gasteiger partial charge in [-0.15, -0.1) is 0 Å². The van der Waals surface area contributed by atoms with Crippen LogP contribution in [-0.4, -0.2) is 41.3 Å². The van der Waals surface area contributed by atoms with Gasteiger partial charge >= 0.3 is 0 Å². The molecule has 1 saturated carbocycles. The maximum Gasteiger partial charge on any atom is 0.246 e. The van der Waals surface area contributed by atoms with E-state index in [2.05, 4.69) is 22.0 Å². The van der Waals surface area contributed by atoms with Crippen LogP contribution < -0.4 is 5.73 Å². The van der Waals surface area contributed by atoms with Crippen LogP contribution in [0.4, 0.5) is 0 Å². The highest BCUT2D eigenvalue weighted by Crippen LogP contribution is 2.34. The summed E-state index contributed by atoms with van der Waals surface area (Å²) in [5.74, 6) is 1.25. The lowest BCUT2D eigenvalue weighted by molar-refractivity contribution is -0.0350. The minimum atomic E-state index is -0.429. The molecule has 6 nitrogen and oxygen atoms in total. The predicted octanol–water partition coefficient (Wildman–Crippen LogP) is 1.97. The van der Waals surface area contributed by atoms with Crippen LogP contribution in [0.15, 0.2) is 4.52 Å². The monoisotopic (exact) mass is 294 g/mol. The third-order valence-corrected chi connectivity index (χ3v) is 4.59. The molecule has 3 rings (SSSR count). The standard InChI is InChI=1S/C15H26N4O2/c1-2-8-19-9-10-20-12(11-19)13-17-14(21-18-13)15(16)6-4-3-5-7-15/h12H,2-11,16H2,1H3. The zero-order chi connectivity index (χ0) is 14.7. The molecule has 6 heteroatoms. The van der Waals surface area contributed by atoms with E-state index in [1.165, 1.54) is 6.42 Å². The molecule has 2 fully saturated rings. The highest BCUT2D eigenvalue weighted by molar-refractivity contribution is 5.05. The first kappa shape index (κ1) is 14.9. The van der Waals surface area contributed by atoms with E-state index < -0.39 is 5.54 Å². The smallest absolute Gasteiger partial charge is 0.246 e. The van der Waals surface area contributed by atoms with E-state index in [4.69, 9.17) is 15.0 Å². The van der Waals surface area contributed by atoms with Crippen LogP contribution in [0.3, 0.4) is 0 Å². The van der Waals surface area contributed by atoms with Gasteiger partial charge in [0.25, 0.3) is 0 Å². The predicted molar refractivity (Wildman–Crippen MR) is 78.7 cm³/mol. The fourth-order valence-electron chi connectivity index (χ4n) is 3.34. The first-order valence-corrected chi connectivity index (χ1v) is 8.18. The lowest BCUT2D eigenvalue weighted by atomic mass is 9.82. The van der Waals surface area contributed by atoms with Crippen molar-refractivity contribution in [2.75, 3.05) is 26.2 Å². The Balaban J connectivity index is 1.69. The molecule has 1 aliphatic heterocycles. The fraction of sp³-hybridized carbons (Fsp3) is 0.867. The molecule has 1 atom stereocenters. The van der Waals surface area contributed by atoms with Crippen LogP contribution in [0.2, 0.25) is 0 Å². The summed E-state index contributed by atoms with van der Waals surface area (Å²) in [4.78, 5) is 6.96. The van der Waals surface area contributed by atoms with Crippen molar-refractivity contribution in [1.29, 1.82) is 0 Å². The topological polar surface area (TPSA) is 77.4 Å². The van der Waals surface area contributed by atoms with E-state index >= 15 is 0 Å². The normalized spacial score (nSPS) is 26.9. The average Bonchev–Trinajstić information content (AvgIpc) is 2.99. The van der Waals surface area contributed by atoms with Crippen molar-refractivity contribution in [3.8, 4) is 0 Å². The van der Waals surface area contributed by atoms with E-state index in [0.29, 0.717) is 11.7 Å². The van der Waals surface area contributed by atoms with Crippen molar-refractivity contribution >= 4 is 0 Å². The number of nitrogens with zero attached hydrogens (tertiary/aromatic N) is 3. The number of aromatic nitrogens is 2. The third-order valence-electron chi connectivity index (χ3n) is 4.59. The van der Waals surface area contributed by atoms with Crippen molar-refractivity contribution in [3.63, 3.8) is 0 Å². The van der Waals surface area contributed by atoms with Gasteiger partial charge in [-0.1, -0.05) is 31.3 Å². The van der Waals surface area contributed by atoms with Gasteiger partial charge in [-0.25, -0.2) is 0 Å². The van der Waals surface area contributed by atoms with Crippen molar-refractivity contribution in [3.05, 3.63) is 11.7 Å². The minimum absolute atomic E-state index is 0.0880. The summed E-state index contributed by atoms with van der Waals surface area (Å²) in [6, 6.07) is 0. The van der Waals surface area contributed by atoms with Crippen LogP contribution in [0, 0.1) is 0 Å². The van der Waals surface area contributed by atoms with Gasteiger partial charge in [0.05, 0.1) is 12.1 Å². The van der Waals surface area contributed by atoms with E-state index in [0.717, 1.165) is 58.3 Å². The molecule has 2 aliphatic rings. The number of ether oxygens (including phenoxy) is 1. The summed E-state index contributed by atoms with van der Waals surface area (Å²) in [7, 11) is 0. The van der Waals surface area contributed by atoms with Crippen molar-refractivity contribution in [2.24, 2.45) is 5.73 Å². The maximum absolute atomic E-state index is 6.45. The largest absolute Gasteiger partial charge is 0.367 e. The molecule has 1 aromatic rings. The molecule has 118 valence electrons. The van der Waals surface area contributed by atoms with E-state index in [1.54, 1.807) is 0 Å². The van der Waals surface area contributed by atoms with Crippen LogP contribution in [0.1, 0.15) is 63.3 Å². The highest BCUT2D eigenvalue weighted by atomic mass is 16.5. The average molecular weight is 294 g/mol. The molecule has 2 N–H and O–H groups in total. The summed E-state index contributed by atoms with van der Waals surface area (Å²) in [6.07, 6.45) is 6.45. The quantitative estimate of drug-likeness (QED) is 0.915. The van der Waals surface area contributed by atoms with E-state index in [1.807, 2.05) is 0 Å². The Morgan fingerprint density at radius 3 is 2.90 bits per heavy atom. The Morgan fingerprint density at radius 2 is 2.14 bits per heavy atom. The van der Waals surface area contributed by atoms with E-state index in [-0.39, 0.29) is 6.10 Å². The SMILES string of the molecule is CCCN1CCOC(c2noc(C3(N)CCCCC3)n2)C1. The van der Waals surface area contributed by atoms with Gasteiger partial charge in [-0.05, 0) is 25.8 Å². The number of morpholine rings is 1. The molecule has 1 aliphatic carbocycles. The Kier molecular flexibility index (Phi) is 4.57. The van der Waals surface area contributed by atoms with Gasteiger partial charge in [0.2, 0.25) is 11.7 Å². The lowest BCUT2D eigenvalue weighted by Crippen LogP contribution is -2.40. The maximum atomic E-state index is 6.45. The van der Waals surface area contributed by atoms with Gasteiger partial charge in [-0.2, -0.15) is 4.98 Å². The summed E-state index contributed by atoms with van der Waals surface area (Å²) >= 11 is 0. The molecule has 0 bridgehead atoms. The lowest BCUT2D eigenvalue weighted by Gasteiger charge is -2.31. The molecule has 21 heavy (non-hydrogen) atoms. The summed E-state index contributed by atoms with van der Waals surface area (Å²) < 4.78 is 11.3. The molecule has 1 aromatic heterocycles. The van der Waals surface area contributed by atoms with Gasteiger partial charge in [-0.3, -0.25) is 4.90 Å². The van der Waals surface area contributed by atoms with Gasteiger partial charge in [0, 0.05) is 13.1 Å². The zero-order valence-electron chi connectivity index (χ0n) is 12.9. The van der Waals surface area contributed by atoms with Gasteiger partial charge in [0.1, 0.15) is 6.10 Å². The molecule has 2 heterocycles. The second kappa shape index (κ2) is 6.42. The third kappa shape index (κ3) is 3.27. The first-order valence-electron chi connectivity index (χ1n) is 8.18. The molecular formula is C15H26N4O2. The molecule has 0 spiro atoms. The second-order valence-electron chi connectivity index (χ2n) is 6.33. The number of nitrogens with two attached hydrogens (primary N) is 1. The molecule has 0 amide bonds. The Labute approximate surface area is 126 Å². The zero-order valence-corrected chi connectivity index (χ0v) is 12.9. The molecule has 0 radical (unpaired) electrons. The number of hydrogen-bond acceptors (Lipinski definition) is 6. The van der Waals surface area contributed by atoms with Crippen LogP contribution in [0.25, 0.3) is 0 Å². The Morgan fingerprint density at radius 1 is 1.33 bits per heavy atom. The molecule has 1 saturated heterocycles. The number of rotatable bonds is 4. The van der Waals surface area contributed by atoms with Gasteiger partial charge < -0.3 is 15.0 Å². The first-order chi connectivity index (χ1) is 10.2. The fourth-order valence-corrected chi connectivity index (χ4v) is 3.34. The molecule has 1 unspecified atom stereocenters. The van der Waals surface area contributed by atoms with E-state index in [9.17, 15) is 0 Å². The summed E-state index contributed by atoms with van der Waals surface area (Å²) in [5.41, 5.74) is 6.02. The molecule has 0 aromatic carbocycles. The van der Waals surface area contributed by atoms with Crippen molar-refractivity contribution < 1.29 is 9.26 Å². The Bertz CT molecular complexity index is 454. The van der Waals surface area contributed by atoms with Crippen molar-refractivity contribution in [2.45, 2.75) is 57.1 Å². The van der Waals surface area contributed by atoms with Crippen LogP contribution in [0.5, 0.6) is 0 Å². The van der Waals surface area contributed by atoms with Crippen LogP contribution in [-0.2, 0) is 10.3 Å². The number of hydrogen-bond donors (Lipinski definition) is 1. The highest BCUT2D eigenvalue weighted by Gasteiger charge is 2.36. The van der Waals surface area contributed by atoms with Crippen LogP contribution >= 0.6 is 0 Å². The minimum Gasteiger partial charge on any atom is -0.367 e. The molecular weight excluding hydrogens is 268 g/mol. The summed E-state index contributed by atoms with van der Waals surface area (Å²) in [6.45, 7) is 5.83.